The van der Waals surface area contributed by atoms with Gasteiger partial charge in [0.25, 0.3) is 0 Å². The minimum absolute atomic E-state index is 0.574. The highest BCUT2D eigenvalue weighted by atomic mass is 15.0. The third kappa shape index (κ3) is 3.85. The molecule has 2 heteroatoms. The van der Waals surface area contributed by atoms with Crippen LogP contribution in [0.4, 0.5) is 0 Å². The van der Waals surface area contributed by atoms with Crippen molar-refractivity contribution in [3.8, 4) is 0 Å². The first-order valence-corrected chi connectivity index (χ1v) is 4.19. The molecule has 0 amide bonds. The lowest BCUT2D eigenvalue weighted by Gasteiger charge is -2.20. The summed E-state index contributed by atoms with van der Waals surface area (Å²) in [4.78, 5) is 0. The molecular weight excluding hydrogens is 124 g/mol. The standard InChI is InChI=1S/C8H20N2/c1-5-9-7(3)8(4)10-6-2/h7-10H,5-6H2,1-4H3/t7-,8-/m1/s1. The van der Waals surface area contributed by atoms with Crippen LogP contribution in [-0.4, -0.2) is 25.2 Å². The molecule has 0 fully saturated rings. The van der Waals surface area contributed by atoms with Gasteiger partial charge in [0.15, 0.2) is 0 Å². The van der Waals surface area contributed by atoms with Crippen molar-refractivity contribution < 1.29 is 0 Å². The molecule has 2 nitrogen and oxygen atoms in total. The zero-order valence-electron chi connectivity index (χ0n) is 7.57. The van der Waals surface area contributed by atoms with E-state index in [9.17, 15) is 0 Å². The Bertz CT molecular complexity index is 63.7. The molecule has 0 saturated carbocycles. The molecule has 0 aromatic carbocycles. The summed E-state index contributed by atoms with van der Waals surface area (Å²) in [5.41, 5.74) is 0. The normalized spacial score (nSPS) is 16.8. The van der Waals surface area contributed by atoms with Gasteiger partial charge in [-0.2, -0.15) is 0 Å². The van der Waals surface area contributed by atoms with Crippen molar-refractivity contribution in [2.24, 2.45) is 0 Å². The molecule has 0 aliphatic rings. The first-order chi connectivity index (χ1) is 4.72. The Kier molecular flexibility index (Phi) is 5.64. The summed E-state index contributed by atoms with van der Waals surface area (Å²) in [6, 6.07) is 1.15. The number of likely N-dealkylation sites (N-methyl/N-ethyl adjacent to an activating group) is 2. The highest BCUT2D eigenvalue weighted by Gasteiger charge is 2.07. The van der Waals surface area contributed by atoms with Crippen molar-refractivity contribution in [2.45, 2.75) is 39.8 Å². The lowest BCUT2D eigenvalue weighted by molar-refractivity contribution is 0.424. The van der Waals surface area contributed by atoms with E-state index >= 15 is 0 Å². The van der Waals surface area contributed by atoms with Crippen molar-refractivity contribution in [3.05, 3.63) is 0 Å². The zero-order chi connectivity index (χ0) is 7.98. The molecule has 0 rings (SSSR count). The molecule has 0 spiro atoms. The molecule has 62 valence electrons. The van der Waals surface area contributed by atoms with Gasteiger partial charge in [-0.1, -0.05) is 13.8 Å². The third-order valence-corrected chi connectivity index (χ3v) is 1.80. The van der Waals surface area contributed by atoms with Crippen molar-refractivity contribution in [3.63, 3.8) is 0 Å². The Hall–Kier alpha value is -0.0800. The van der Waals surface area contributed by atoms with Gasteiger partial charge in [-0.3, -0.25) is 0 Å². The average molecular weight is 144 g/mol. The zero-order valence-corrected chi connectivity index (χ0v) is 7.57. The molecule has 0 aromatic heterocycles. The first-order valence-electron chi connectivity index (χ1n) is 4.19. The lowest BCUT2D eigenvalue weighted by atomic mass is 10.2. The summed E-state index contributed by atoms with van der Waals surface area (Å²) >= 11 is 0. The van der Waals surface area contributed by atoms with Crippen LogP contribution in [0.1, 0.15) is 27.7 Å². The van der Waals surface area contributed by atoms with Gasteiger partial charge < -0.3 is 10.6 Å². The fourth-order valence-corrected chi connectivity index (χ4v) is 0.998. The predicted octanol–water partition coefficient (Wildman–Crippen LogP) is 0.982. The lowest BCUT2D eigenvalue weighted by Crippen LogP contribution is -2.44. The summed E-state index contributed by atoms with van der Waals surface area (Å²) in [5, 5.41) is 6.74. The summed E-state index contributed by atoms with van der Waals surface area (Å²) in [7, 11) is 0. The minimum atomic E-state index is 0.574. The van der Waals surface area contributed by atoms with Gasteiger partial charge in [-0.25, -0.2) is 0 Å². The maximum absolute atomic E-state index is 3.37. The molecule has 0 heterocycles. The van der Waals surface area contributed by atoms with Crippen LogP contribution in [0.5, 0.6) is 0 Å². The van der Waals surface area contributed by atoms with E-state index in [4.69, 9.17) is 0 Å². The van der Waals surface area contributed by atoms with Gasteiger partial charge in [0.1, 0.15) is 0 Å². The van der Waals surface area contributed by atoms with Gasteiger partial charge in [0.05, 0.1) is 0 Å². The second kappa shape index (κ2) is 5.69. The molecule has 0 aromatic rings. The Balaban J connectivity index is 3.38. The van der Waals surface area contributed by atoms with Crippen LogP contribution in [0.25, 0.3) is 0 Å². The van der Waals surface area contributed by atoms with Crippen LogP contribution in [0.2, 0.25) is 0 Å². The van der Waals surface area contributed by atoms with E-state index < -0.39 is 0 Å². The predicted molar refractivity (Wildman–Crippen MR) is 46.3 cm³/mol. The average Bonchev–Trinajstić information content (AvgIpc) is 1.89. The van der Waals surface area contributed by atoms with Gasteiger partial charge in [0, 0.05) is 12.1 Å². The monoisotopic (exact) mass is 144 g/mol. The number of hydrogen-bond donors (Lipinski definition) is 2. The molecule has 0 unspecified atom stereocenters. The number of rotatable bonds is 5. The molecule has 0 saturated heterocycles. The number of nitrogens with one attached hydrogen (secondary N) is 2. The van der Waals surface area contributed by atoms with E-state index in [1.807, 2.05) is 0 Å². The minimum Gasteiger partial charge on any atom is -0.313 e. The van der Waals surface area contributed by atoms with Crippen LogP contribution in [-0.2, 0) is 0 Å². The Labute approximate surface area is 64.4 Å². The third-order valence-electron chi connectivity index (χ3n) is 1.80. The molecule has 2 atom stereocenters. The van der Waals surface area contributed by atoms with Gasteiger partial charge >= 0.3 is 0 Å². The quantitative estimate of drug-likeness (QED) is 0.601. The largest absolute Gasteiger partial charge is 0.313 e. The maximum Gasteiger partial charge on any atom is 0.0190 e. The molecule has 0 radical (unpaired) electrons. The van der Waals surface area contributed by atoms with Crippen LogP contribution in [0, 0.1) is 0 Å². The summed E-state index contributed by atoms with van der Waals surface area (Å²) in [5.74, 6) is 0. The van der Waals surface area contributed by atoms with E-state index in [1.165, 1.54) is 0 Å². The smallest absolute Gasteiger partial charge is 0.0190 e. The molecule has 0 aliphatic carbocycles. The van der Waals surface area contributed by atoms with E-state index in [0.29, 0.717) is 12.1 Å². The summed E-state index contributed by atoms with van der Waals surface area (Å²) in [6.45, 7) is 10.8. The van der Waals surface area contributed by atoms with Crippen LogP contribution >= 0.6 is 0 Å². The fourth-order valence-electron chi connectivity index (χ4n) is 0.998. The van der Waals surface area contributed by atoms with E-state index in [0.717, 1.165) is 13.1 Å². The summed E-state index contributed by atoms with van der Waals surface area (Å²) in [6.07, 6.45) is 0. The van der Waals surface area contributed by atoms with Crippen molar-refractivity contribution in [1.29, 1.82) is 0 Å². The van der Waals surface area contributed by atoms with E-state index in [2.05, 4.69) is 38.3 Å². The van der Waals surface area contributed by atoms with Crippen molar-refractivity contribution in [1.82, 2.24) is 10.6 Å². The van der Waals surface area contributed by atoms with E-state index in [1.54, 1.807) is 0 Å². The molecule has 0 bridgehead atoms. The van der Waals surface area contributed by atoms with Gasteiger partial charge in [-0.15, -0.1) is 0 Å². The van der Waals surface area contributed by atoms with Crippen molar-refractivity contribution in [2.75, 3.05) is 13.1 Å². The van der Waals surface area contributed by atoms with Gasteiger partial charge in [-0.05, 0) is 26.9 Å². The van der Waals surface area contributed by atoms with E-state index in [-0.39, 0.29) is 0 Å². The van der Waals surface area contributed by atoms with Crippen LogP contribution in [0.3, 0.4) is 0 Å². The topological polar surface area (TPSA) is 24.1 Å². The second-order valence-electron chi connectivity index (χ2n) is 2.69. The van der Waals surface area contributed by atoms with Crippen LogP contribution in [0.15, 0.2) is 0 Å². The SMILES string of the molecule is CCN[C@H](C)[C@@H](C)NCC. The highest BCUT2D eigenvalue weighted by molar-refractivity contribution is 4.72. The molecule has 0 aliphatic heterocycles. The van der Waals surface area contributed by atoms with Crippen LogP contribution < -0.4 is 10.6 Å². The Morgan fingerprint density at radius 2 is 1.20 bits per heavy atom. The van der Waals surface area contributed by atoms with Crippen molar-refractivity contribution >= 4 is 0 Å². The fraction of sp³-hybridized carbons (Fsp3) is 1.00. The van der Waals surface area contributed by atoms with Gasteiger partial charge in [0.2, 0.25) is 0 Å². The molecule has 10 heavy (non-hydrogen) atoms. The highest BCUT2D eigenvalue weighted by Crippen LogP contribution is 1.89. The summed E-state index contributed by atoms with van der Waals surface area (Å²) < 4.78 is 0. The Morgan fingerprint density at radius 1 is 0.900 bits per heavy atom. The second-order valence-corrected chi connectivity index (χ2v) is 2.69. The maximum atomic E-state index is 3.37. The number of hydrogen-bond acceptors (Lipinski definition) is 2. The first kappa shape index (κ1) is 9.92. The molecular formula is C8H20N2. The Morgan fingerprint density at radius 3 is 1.40 bits per heavy atom. The molecule has 2 N–H and O–H groups in total.